The van der Waals surface area contributed by atoms with E-state index in [2.05, 4.69) is 10.3 Å². The fourth-order valence-corrected chi connectivity index (χ4v) is 3.58. The molecule has 0 aliphatic rings. The first-order valence-electron chi connectivity index (χ1n) is 7.61. The highest BCUT2D eigenvalue weighted by Crippen LogP contribution is 2.23. The van der Waals surface area contributed by atoms with E-state index in [1.807, 2.05) is 31.2 Å². The number of thiazole rings is 1. The Morgan fingerprint density at radius 1 is 1.33 bits per heavy atom. The van der Waals surface area contributed by atoms with Crippen molar-refractivity contribution in [1.29, 1.82) is 0 Å². The van der Waals surface area contributed by atoms with Gasteiger partial charge >= 0.3 is 0 Å². The molecule has 6 heteroatoms. The van der Waals surface area contributed by atoms with Crippen LogP contribution in [-0.4, -0.2) is 10.9 Å². The van der Waals surface area contributed by atoms with Gasteiger partial charge in [0.25, 0.3) is 0 Å². The summed E-state index contributed by atoms with van der Waals surface area (Å²) in [6.45, 7) is 1.85. The Kier molecular flexibility index (Phi) is 5.11. The first-order valence-corrected chi connectivity index (χ1v) is 8.81. The summed E-state index contributed by atoms with van der Waals surface area (Å²) in [5, 5.41) is 3.91. The molecule has 1 atom stereocenters. The molecular formula is C18H16ClFN2OS. The Labute approximate surface area is 148 Å². The Hall–Kier alpha value is -1.98. The SMILES string of the molecule is CC(NC(=O)CCc1nc2ccccc2s1)c1ccc(F)c(Cl)c1. The molecule has 1 N–H and O–H groups in total. The van der Waals surface area contributed by atoms with Crippen LogP contribution >= 0.6 is 22.9 Å². The average molecular weight is 363 g/mol. The number of hydrogen-bond acceptors (Lipinski definition) is 3. The molecule has 24 heavy (non-hydrogen) atoms. The predicted octanol–water partition coefficient (Wildman–Crippen LogP) is 4.90. The van der Waals surface area contributed by atoms with E-state index < -0.39 is 5.82 Å². The summed E-state index contributed by atoms with van der Waals surface area (Å²) in [7, 11) is 0. The number of nitrogens with one attached hydrogen (secondary N) is 1. The number of benzene rings is 2. The normalized spacial score (nSPS) is 12.3. The number of aryl methyl sites for hydroxylation is 1. The van der Waals surface area contributed by atoms with E-state index in [0.29, 0.717) is 12.8 Å². The molecule has 0 aliphatic carbocycles. The Morgan fingerprint density at radius 2 is 2.12 bits per heavy atom. The maximum atomic E-state index is 13.2. The minimum Gasteiger partial charge on any atom is -0.350 e. The molecule has 0 bridgehead atoms. The molecule has 2 aromatic carbocycles. The summed E-state index contributed by atoms with van der Waals surface area (Å²) < 4.78 is 14.3. The first-order chi connectivity index (χ1) is 11.5. The van der Waals surface area contributed by atoms with Gasteiger partial charge < -0.3 is 5.32 Å². The second-order valence-electron chi connectivity index (χ2n) is 5.54. The van der Waals surface area contributed by atoms with Crippen LogP contribution in [0.15, 0.2) is 42.5 Å². The fourth-order valence-electron chi connectivity index (χ4n) is 2.43. The highest BCUT2D eigenvalue weighted by atomic mass is 35.5. The third kappa shape index (κ3) is 3.91. The quantitative estimate of drug-likeness (QED) is 0.701. The van der Waals surface area contributed by atoms with Crippen LogP contribution < -0.4 is 5.32 Å². The maximum absolute atomic E-state index is 13.2. The molecule has 0 saturated carbocycles. The lowest BCUT2D eigenvalue weighted by Crippen LogP contribution is -2.26. The summed E-state index contributed by atoms with van der Waals surface area (Å²) in [6.07, 6.45) is 0.959. The number of rotatable bonds is 5. The second-order valence-corrected chi connectivity index (χ2v) is 7.06. The molecular weight excluding hydrogens is 347 g/mol. The molecule has 0 fully saturated rings. The minimum atomic E-state index is -0.463. The Bertz CT molecular complexity index is 847. The van der Waals surface area contributed by atoms with Crippen LogP contribution in [0, 0.1) is 5.82 Å². The highest BCUT2D eigenvalue weighted by Gasteiger charge is 2.12. The molecule has 0 aliphatic heterocycles. The zero-order valence-electron chi connectivity index (χ0n) is 13.1. The zero-order chi connectivity index (χ0) is 17.1. The van der Waals surface area contributed by atoms with Gasteiger partial charge in [0.15, 0.2) is 0 Å². The Morgan fingerprint density at radius 3 is 2.88 bits per heavy atom. The number of halogens is 2. The number of carbonyl (C=O) groups is 1. The van der Waals surface area contributed by atoms with Crippen LogP contribution in [0.1, 0.15) is 30.0 Å². The number of para-hydroxylation sites is 1. The topological polar surface area (TPSA) is 42.0 Å². The van der Waals surface area contributed by atoms with Crippen LogP contribution in [0.4, 0.5) is 4.39 Å². The van der Waals surface area contributed by atoms with Crippen molar-refractivity contribution in [1.82, 2.24) is 10.3 Å². The van der Waals surface area contributed by atoms with Crippen LogP contribution in [0.2, 0.25) is 5.02 Å². The summed E-state index contributed by atoms with van der Waals surface area (Å²) in [6, 6.07) is 12.2. The molecule has 1 heterocycles. The van der Waals surface area contributed by atoms with E-state index >= 15 is 0 Å². The molecule has 124 valence electrons. The molecule has 1 unspecified atom stereocenters. The van der Waals surface area contributed by atoms with Crippen LogP contribution in [0.25, 0.3) is 10.2 Å². The van der Waals surface area contributed by atoms with Gasteiger partial charge in [-0.15, -0.1) is 11.3 Å². The molecule has 3 rings (SSSR count). The van der Waals surface area contributed by atoms with Crippen molar-refractivity contribution in [3.05, 3.63) is 63.9 Å². The van der Waals surface area contributed by atoms with Gasteiger partial charge in [0.1, 0.15) is 5.82 Å². The van der Waals surface area contributed by atoms with Crippen molar-refractivity contribution in [2.24, 2.45) is 0 Å². The molecule has 0 spiro atoms. The van der Waals surface area contributed by atoms with Crippen molar-refractivity contribution in [3.63, 3.8) is 0 Å². The van der Waals surface area contributed by atoms with E-state index in [1.54, 1.807) is 17.4 Å². The summed E-state index contributed by atoms with van der Waals surface area (Å²) >= 11 is 7.39. The lowest BCUT2D eigenvalue weighted by molar-refractivity contribution is -0.121. The monoisotopic (exact) mass is 362 g/mol. The fraction of sp³-hybridized carbons (Fsp3) is 0.222. The summed E-state index contributed by atoms with van der Waals surface area (Å²) in [5.41, 5.74) is 1.74. The van der Waals surface area contributed by atoms with E-state index in [-0.39, 0.29) is 17.0 Å². The third-order valence-electron chi connectivity index (χ3n) is 3.73. The van der Waals surface area contributed by atoms with Crippen molar-refractivity contribution >= 4 is 39.1 Å². The number of aromatic nitrogens is 1. The average Bonchev–Trinajstić information content (AvgIpc) is 2.98. The van der Waals surface area contributed by atoms with Gasteiger partial charge in [-0.3, -0.25) is 4.79 Å². The number of amides is 1. The third-order valence-corrected chi connectivity index (χ3v) is 5.11. The van der Waals surface area contributed by atoms with Crippen LogP contribution in [0.3, 0.4) is 0 Å². The summed E-state index contributed by atoms with van der Waals surface area (Å²) in [5.74, 6) is -0.531. The number of carbonyl (C=O) groups excluding carboxylic acids is 1. The molecule has 0 saturated heterocycles. The van der Waals surface area contributed by atoms with E-state index in [4.69, 9.17) is 11.6 Å². The van der Waals surface area contributed by atoms with Crippen molar-refractivity contribution in [2.75, 3.05) is 0 Å². The van der Waals surface area contributed by atoms with Gasteiger partial charge in [-0.1, -0.05) is 29.8 Å². The van der Waals surface area contributed by atoms with Crippen molar-refractivity contribution in [2.45, 2.75) is 25.8 Å². The minimum absolute atomic E-state index is 0.0584. The lowest BCUT2D eigenvalue weighted by atomic mass is 10.1. The molecule has 1 aromatic heterocycles. The highest BCUT2D eigenvalue weighted by molar-refractivity contribution is 7.18. The smallest absolute Gasteiger partial charge is 0.220 e. The zero-order valence-corrected chi connectivity index (χ0v) is 14.6. The van der Waals surface area contributed by atoms with Gasteiger partial charge in [0.2, 0.25) is 5.91 Å². The number of hydrogen-bond donors (Lipinski definition) is 1. The Balaban J connectivity index is 1.57. The van der Waals surface area contributed by atoms with Gasteiger partial charge in [0.05, 0.1) is 26.3 Å². The van der Waals surface area contributed by atoms with E-state index in [1.165, 1.54) is 12.1 Å². The summed E-state index contributed by atoms with van der Waals surface area (Å²) in [4.78, 5) is 16.6. The van der Waals surface area contributed by atoms with E-state index in [9.17, 15) is 9.18 Å². The van der Waals surface area contributed by atoms with Gasteiger partial charge in [0, 0.05) is 12.8 Å². The van der Waals surface area contributed by atoms with Crippen molar-refractivity contribution in [3.8, 4) is 0 Å². The van der Waals surface area contributed by atoms with Gasteiger partial charge in [-0.2, -0.15) is 0 Å². The molecule has 0 radical (unpaired) electrons. The molecule has 3 aromatic rings. The number of nitrogens with zero attached hydrogens (tertiary/aromatic N) is 1. The van der Waals surface area contributed by atoms with Crippen molar-refractivity contribution < 1.29 is 9.18 Å². The first kappa shape index (κ1) is 16.9. The maximum Gasteiger partial charge on any atom is 0.220 e. The largest absolute Gasteiger partial charge is 0.350 e. The predicted molar refractivity (Wildman–Crippen MR) is 95.9 cm³/mol. The molecule has 3 nitrogen and oxygen atoms in total. The number of fused-ring (bicyclic) bond motifs is 1. The molecule has 1 amide bonds. The van der Waals surface area contributed by atoms with Gasteiger partial charge in [-0.25, -0.2) is 9.37 Å². The van der Waals surface area contributed by atoms with E-state index in [0.717, 1.165) is 20.8 Å². The second kappa shape index (κ2) is 7.28. The standard InChI is InChI=1S/C18H16ClFN2OS/c1-11(12-6-7-14(20)13(19)10-12)21-17(23)8-9-18-22-15-4-2-3-5-16(15)24-18/h2-7,10-11H,8-9H2,1H3,(H,21,23). The lowest BCUT2D eigenvalue weighted by Gasteiger charge is -2.14. The van der Waals surface area contributed by atoms with Crippen LogP contribution in [-0.2, 0) is 11.2 Å². The van der Waals surface area contributed by atoms with Crippen LogP contribution in [0.5, 0.6) is 0 Å². The van der Waals surface area contributed by atoms with Gasteiger partial charge in [-0.05, 0) is 36.8 Å².